The molecule has 2 heterocycles. The second-order valence-electron chi connectivity index (χ2n) is 7.10. The lowest BCUT2D eigenvalue weighted by atomic mass is 9.90. The molecule has 1 aromatic carbocycles. The van der Waals surface area contributed by atoms with Crippen LogP contribution in [0.25, 0.3) is 10.9 Å². The predicted octanol–water partition coefficient (Wildman–Crippen LogP) is 2.46. The van der Waals surface area contributed by atoms with E-state index in [2.05, 4.69) is 10.3 Å². The highest BCUT2D eigenvalue weighted by molar-refractivity contribution is 6.06. The molecule has 0 unspecified atom stereocenters. The molecule has 4 rings (SSSR count). The van der Waals surface area contributed by atoms with Crippen molar-refractivity contribution in [1.29, 1.82) is 0 Å². The van der Waals surface area contributed by atoms with E-state index in [0.717, 1.165) is 30.2 Å². The van der Waals surface area contributed by atoms with Gasteiger partial charge in [-0.1, -0.05) is 31.0 Å². The summed E-state index contributed by atoms with van der Waals surface area (Å²) in [7, 11) is 0. The quantitative estimate of drug-likeness (QED) is 0.885. The molecule has 26 heavy (non-hydrogen) atoms. The third-order valence-electron chi connectivity index (χ3n) is 5.51. The third-order valence-corrected chi connectivity index (χ3v) is 5.51. The summed E-state index contributed by atoms with van der Waals surface area (Å²) in [6, 6.07) is 7.92. The molecule has 2 fully saturated rings. The van der Waals surface area contributed by atoms with Crippen LogP contribution in [0.1, 0.15) is 42.5 Å². The minimum atomic E-state index is -0.146. The van der Waals surface area contributed by atoms with Crippen LogP contribution in [0.3, 0.4) is 0 Å². The van der Waals surface area contributed by atoms with Crippen molar-refractivity contribution in [3.63, 3.8) is 0 Å². The number of carbonyl (C=O) groups excluding carboxylic acids is 2. The fraction of sp³-hybridized carbons (Fsp3) is 0.500. The average molecular weight is 355 g/mol. The summed E-state index contributed by atoms with van der Waals surface area (Å²) in [5.41, 5.74) is 1.55. The van der Waals surface area contributed by atoms with Gasteiger partial charge in [0.15, 0.2) is 0 Å². The van der Waals surface area contributed by atoms with Crippen LogP contribution < -0.4 is 5.32 Å². The first-order chi connectivity index (χ1) is 12.7. The Labute approximate surface area is 152 Å². The Morgan fingerprint density at radius 1 is 1.23 bits per heavy atom. The zero-order valence-electron chi connectivity index (χ0n) is 14.9. The minimum absolute atomic E-state index is 0.115. The number of H-pyrrole nitrogens is 1. The molecule has 2 amide bonds. The predicted molar refractivity (Wildman–Crippen MR) is 99.0 cm³/mol. The molecule has 2 N–H and O–H groups in total. The van der Waals surface area contributed by atoms with Gasteiger partial charge >= 0.3 is 0 Å². The first-order valence-corrected chi connectivity index (χ1v) is 9.49. The molecule has 0 spiro atoms. The van der Waals surface area contributed by atoms with E-state index in [1.54, 1.807) is 6.20 Å². The standard InChI is InChI=1S/C20H25N3O3/c24-19(23-11-12-26-18-8-4-3-7-17(18)23)9-10-21-20(25)15-13-22-16-6-2-1-5-14(15)16/h1-2,5-6,13,17-18,22H,3-4,7-12H2,(H,21,25)/t17-,18+/m0/s1. The number of hydrogen-bond donors (Lipinski definition) is 2. The minimum Gasteiger partial charge on any atom is -0.374 e. The van der Waals surface area contributed by atoms with Crippen molar-refractivity contribution in [2.75, 3.05) is 19.7 Å². The molecule has 2 atom stereocenters. The lowest BCUT2D eigenvalue weighted by molar-refractivity contribution is -0.149. The number of aromatic amines is 1. The van der Waals surface area contributed by atoms with Crippen LogP contribution in [0.5, 0.6) is 0 Å². The molecule has 2 aromatic rings. The Balaban J connectivity index is 1.32. The molecule has 0 bridgehead atoms. The maximum atomic E-state index is 12.6. The van der Waals surface area contributed by atoms with Crippen LogP contribution in [0.4, 0.5) is 0 Å². The Morgan fingerprint density at radius 3 is 3.00 bits per heavy atom. The van der Waals surface area contributed by atoms with Crippen molar-refractivity contribution in [2.45, 2.75) is 44.2 Å². The molecule has 1 aliphatic heterocycles. The molecule has 1 aliphatic carbocycles. The normalized spacial score (nSPS) is 22.8. The van der Waals surface area contributed by atoms with Gasteiger partial charge in [-0.2, -0.15) is 0 Å². The van der Waals surface area contributed by atoms with E-state index < -0.39 is 0 Å². The average Bonchev–Trinajstić information content (AvgIpc) is 3.11. The van der Waals surface area contributed by atoms with Crippen LogP contribution in [0.2, 0.25) is 0 Å². The number of para-hydroxylation sites is 1. The van der Waals surface area contributed by atoms with Crippen LogP contribution in [0.15, 0.2) is 30.5 Å². The van der Waals surface area contributed by atoms with E-state index in [4.69, 9.17) is 4.74 Å². The molecule has 1 saturated heterocycles. The first kappa shape index (κ1) is 17.1. The summed E-state index contributed by atoms with van der Waals surface area (Å²) in [5, 5.41) is 3.78. The van der Waals surface area contributed by atoms with Gasteiger partial charge < -0.3 is 19.9 Å². The van der Waals surface area contributed by atoms with Crippen LogP contribution in [-0.2, 0) is 9.53 Å². The second kappa shape index (κ2) is 7.50. The van der Waals surface area contributed by atoms with Gasteiger partial charge in [0, 0.05) is 36.6 Å². The molecule has 1 saturated carbocycles. The monoisotopic (exact) mass is 355 g/mol. The number of ether oxygens (including phenoxy) is 1. The first-order valence-electron chi connectivity index (χ1n) is 9.49. The molecule has 2 aliphatic rings. The van der Waals surface area contributed by atoms with Crippen LogP contribution in [-0.4, -0.2) is 53.5 Å². The number of morpholine rings is 1. The summed E-state index contributed by atoms with van der Waals surface area (Å²) >= 11 is 0. The lowest BCUT2D eigenvalue weighted by Crippen LogP contribution is -2.55. The number of rotatable bonds is 4. The Morgan fingerprint density at radius 2 is 2.08 bits per heavy atom. The molecular weight excluding hydrogens is 330 g/mol. The summed E-state index contributed by atoms with van der Waals surface area (Å²) < 4.78 is 5.83. The molecule has 0 radical (unpaired) electrons. The highest BCUT2D eigenvalue weighted by atomic mass is 16.5. The van der Waals surface area contributed by atoms with Crippen molar-refractivity contribution in [3.05, 3.63) is 36.0 Å². The smallest absolute Gasteiger partial charge is 0.253 e. The number of aromatic nitrogens is 1. The summed E-state index contributed by atoms with van der Waals surface area (Å²) in [6.45, 7) is 1.64. The number of carbonyl (C=O) groups is 2. The van der Waals surface area contributed by atoms with Crippen molar-refractivity contribution in [3.8, 4) is 0 Å². The van der Waals surface area contributed by atoms with Gasteiger partial charge in [0.25, 0.3) is 5.91 Å². The number of nitrogens with one attached hydrogen (secondary N) is 2. The van der Waals surface area contributed by atoms with Gasteiger partial charge in [-0.25, -0.2) is 0 Å². The van der Waals surface area contributed by atoms with Gasteiger partial charge in [-0.05, 0) is 18.9 Å². The van der Waals surface area contributed by atoms with Crippen LogP contribution in [0, 0.1) is 0 Å². The summed E-state index contributed by atoms with van der Waals surface area (Å²) in [4.78, 5) is 30.2. The SMILES string of the molecule is O=C(NCCC(=O)N1CCO[C@@H]2CCCC[C@@H]21)c1c[nH]c2ccccc12. The topological polar surface area (TPSA) is 74.4 Å². The van der Waals surface area contributed by atoms with Gasteiger partial charge in [0.2, 0.25) is 5.91 Å². The fourth-order valence-electron chi connectivity index (χ4n) is 4.19. The van der Waals surface area contributed by atoms with Crippen molar-refractivity contribution in [1.82, 2.24) is 15.2 Å². The summed E-state index contributed by atoms with van der Waals surface area (Å²) in [6.07, 6.45) is 6.66. The third kappa shape index (κ3) is 3.33. The largest absolute Gasteiger partial charge is 0.374 e. The maximum Gasteiger partial charge on any atom is 0.253 e. The van der Waals surface area contributed by atoms with Gasteiger partial charge in [0.05, 0.1) is 24.3 Å². The second-order valence-corrected chi connectivity index (χ2v) is 7.10. The molecule has 6 nitrogen and oxygen atoms in total. The summed E-state index contributed by atoms with van der Waals surface area (Å²) in [5.74, 6) is -0.0304. The highest BCUT2D eigenvalue weighted by Gasteiger charge is 2.36. The van der Waals surface area contributed by atoms with Gasteiger partial charge in [0.1, 0.15) is 0 Å². The van der Waals surface area contributed by atoms with E-state index in [0.29, 0.717) is 31.7 Å². The zero-order valence-corrected chi connectivity index (χ0v) is 14.9. The number of hydrogen-bond acceptors (Lipinski definition) is 3. The van der Waals surface area contributed by atoms with Gasteiger partial charge in [-0.15, -0.1) is 0 Å². The van der Waals surface area contributed by atoms with Gasteiger partial charge in [-0.3, -0.25) is 9.59 Å². The Kier molecular flexibility index (Phi) is 4.93. The molecule has 6 heteroatoms. The molecule has 1 aromatic heterocycles. The number of nitrogens with zero attached hydrogens (tertiary/aromatic N) is 1. The van der Waals surface area contributed by atoms with E-state index in [-0.39, 0.29) is 24.0 Å². The van der Waals surface area contributed by atoms with Crippen molar-refractivity contribution >= 4 is 22.7 Å². The van der Waals surface area contributed by atoms with E-state index in [9.17, 15) is 9.59 Å². The van der Waals surface area contributed by atoms with Crippen molar-refractivity contribution in [2.24, 2.45) is 0 Å². The number of amides is 2. The lowest BCUT2D eigenvalue weighted by Gasteiger charge is -2.43. The fourth-order valence-corrected chi connectivity index (χ4v) is 4.19. The number of benzene rings is 1. The van der Waals surface area contributed by atoms with E-state index >= 15 is 0 Å². The maximum absolute atomic E-state index is 12.6. The Hall–Kier alpha value is -2.34. The molecular formula is C20H25N3O3. The van der Waals surface area contributed by atoms with E-state index in [1.165, 1.54) is 6.42 Å². The highest BCUT2D eigenvalue weighted by Crippen LogP contribution is 2.28. The Bertz CT molecular complexity index is 798. The van der Waals surface area contributed by atoms with E-state index in [1.807, 2.05) is 29.2 Å². The number of fused-ring (bicyclic) bond motifs is 2. The van der Waals surface area contributed by atoms with Crippen LogP contribution >= 0.6 is 0 Å². The van der Waals surface area contributed by atoms with Crippen molar-refractivity contribution < 1.29 is 14.3 Å². The zero-order chi connectivity index (χ0) is 17.9. The molecule has 138 valence electrons.